The third-order valence-corrected chi connectivity index (χ3v) is 7.25. The molecule has 190 valence electrons. The van der Waals surface area contributed by atoms with Gasteiger partial charge in [-0.25, -0.2) is 0 Å². The Balaban J connectivity index is 1.62. The Morgan fingerprint density at radius 3 is 2.17 bits per heavy atom. The number of nitrogens with two attached hydrogens (primary N) is 1. The lowest BCUT2D eigenvalue weighted by Crippen LogP contribution is -2.64. The maximum Gasteiger partial charge on any atom is 0.251 e. The number of ether oxygens (including phenoxy) is 2. The van der Waals surface area contributed by atoms with Crippen molar-refractivity contribution in [2.45, 2.75) is 56.0 Å². The molecule has 6 heteroatoms. The summed E-state index contributed by atoms with van der Waals surface area (Å²) in [5.41, 5.74) is 9.58. The van der Waals surface area contributed by atoms with Crippen molar-refractivity contribution in [1.82, 2.24) is 5.48 Å². The summed E-state index contributed by atoms with van der Waals surface area (Å²) in [6.07, 6.45) is 2.88. The summed E-state index contributed by atoms with van der Waals surface area (Å²) >= 11 is 0. The van der Waals surface area contributed by atoms with E-state index in [4.69, 9.17) is 20.0 Å². The van der Waals surface area contributed by atoms with E-state index in [9.17, 15) is 4.79 Å². The third kappa shape index (κ3) is 4.95. The number of carbonyl (C=O) groups is 1. The summed E-state index contributed by atoms with van der Waals surface area (Å²) < 4.78 is 13.0. The SMILES string of the molecule is COC1(C(C)c2ccccc2)C(C(N)=O)ONC1(OCCCCCc1ccccc1)c1ccccc1. The summed E-state index contributed by atoms with van der Waals surface area (Å²) in [4.78, 5) is 18.6. The van der Waals surface area contributed by atoms with Gasteiger partial charge in [0.25, 0.3) is 5.91 Å². The van der Waals surface area contributed by atoms with Gasteiger partial charge in [-0.2, -0.15) is 5.48 Å². The van der Waals surface area contributed by atoms with Crippen LogP contribution >= 0.6 is 0 Å². The Morgan fingerprint density at radius 1 is 0.944 bits per heavy atom. The van der Waals surface area contributed by atoms with E-state index in [2.05, 4.69) is 29.7 Å². The summed E-state index contributed by atoms with van der Waals surface area (Å²) in [6, 6.07) is 30.1. The number of carbonyl (C=O) groups excluding carboxylic acids is 1. The maximum absolute atomic E-state index is 12.7. The summed E-state index contributed by atoms with van der Waals surface area (Å²) in [7, 11) is 1.59. The molecule has 0 spiro atoms. The van der Waals surface area contributed by atoms with Crippen molar-refractivity contribution in [3.63, 3.8) is 0 Å². The van der Waals surface area contributed by atoms with E-state index in [0.29, 0.717) is 6.61 Å². The zero-order chi connectivity index (χ0) is 25.4. The molecule has 0 aromatic heterocycles. The number of aryl methyl sites for hydroxylation is 1. The van der Waals surface area contributed by atoms with Gasteiger partial charge in [0.15, 0.2) is 17.4 Å². The largest absolute Gasteiger partial charge is 0.369 e. The van der Waals surface area contributed by atoms with Gasteiger partial charge in [-0.15, -0.1) is 0 Å². The number of hydrogen-bond donors (Lipinski definition) is 2. The quantitative estimate of drug-likeness (QED) is 0.356. The Labute approximate surface area is 213 Å². The van der Waals surface area contributed by atoms with E-state index < -0.39 is 23.3 Å². The second kappa shape index (κ2) is 11.8. The van der Waals surface area contributed by atoms with E-state index in [1.807, 2.05) is 73.7 Å². The molecule has 1 aliphatic heterocycles. The average molecular weight is 489 g/mol. The lowest BCUT2D eigenvalue weighted by molar-refractivity contribution is -0.213. The van der Waals surface area contributed by atoms with Gasteiger partial charge in [-0.05, 0) is 30.4 Å². The maximum atomic E-state index is 12.7. The molecule has 0 aliphatic carbocycles. The molecule has 4 atom stereocenters. The zero-order valence-corrected chi connectivity index (χ0v) is 21.1. The van der Waals surface area contributed by atoms with Gasteiger partial charge in [0.1, 0.15) is 0 Å². The number of methoxy groups -OCH3 is 1. The van der Waals surface area contributed by atoms with Crippen molar-refractivity contribution in [3.8, 4) is 0 Å². The van der Waals surface area contributed by atoms with Gasteiger partial charge in [0, 0.05) is 25.2 Å². The molecular weight excluding hydrogens is 452 g/mol. The highest BCUT2D eigenvalue weighted by atomic mass is 16.7. The first-order valence-corrected chi connectivity index (χ1v) is 12.6. The molecule has 1 fully saturated rings. The minimum Gasteiger partial charge on any atom is -0.369 e. The standard InChI is InChI=1S/C30H36N2O4/c1-23(25-18-10-4-11-19-25)29(34-2)27(28(31)33)36-32-30(29,26-20-12-5-13-21-26)35-22-14-6-9-17-24-15-7-3-8-16-24/h3-5,7-8,10-13,15-16,18-21,23,27,32H,6,9,14,17,22H2,1-2H3,(H2,31,33). The third-order valence-electron chi connectivity index (χ3n) is 7.25. The summed E-state index contributed by atoms with van der Waals surface area (Å²) in [5, 5.41) is 0. The number of hydroxylamine groups is 1. The minimum atomic E-state index is -1.26. The van der Waals surface area contributed by atoms with Gasteiger partial charge in [0.05, 0.1) is 0 Å². The lowest BCUT2D eigenvalue weighted by Gasteiger charge is -2.47. The number of rotatable bonds is 12. The fraction of sp³-hybridized carbons (Fsp3) is 0.367. The molecular formula is C30H36N2O4. The number of hydrogen-bond acceptors (Lipinski definition) is 5. The van der Waals surface area contributed by atoms with Gasteiger partial charge >= 0.3 is 0 Å². The van der Waals surface area contributed by atoms with E-state index >= 15 is 0 Å². The van der Waals surface area contributed by atoms with Crippen molar-refractivity contribution < 1.29 is 19.1 Å². The molecule has 3 aromatic carbocycles. The van der Waals surface area contributed by atoms with Gasteiger partial charge in [0.2, 0.25) is 0 Å². The van der Waals surface area contributed by atoms with Crippen LogP contribution in [0.2, 0.25) is 0 Å². The fourth-order valence-electron chi connectivity index (χ4n) is 5.37. The van der Waals surface area contributed by atoms with E-state index in [1.54, 1.807) is 7.11 Å². The van der Waals surface area contributed by atoms with Crippen LogP contribution in [0.5, 0.6) is 0 Å². The molecule has 0 saturated carbocycles. The van der Waals surface area contributed by atoms with Crippen LogP contribution in [0.1, 0.15) is 48.8 Å². The van der Waals surface area contributed by atoms with Crippen LogP contribution in [0, 0.1) is 0 Å². The Hall–Kier alpha value is -3.03. The molecule has 1 aliphatic rings. The first-order valence-electron chi connectivity index (χ1n) is 12.6. The first-order chi connectivity index (χ1) is 17.5. The molecule has 36 heavy (non-hydrogen) atoms. The molecule has 3 N–H and O–H groups in total. The summed E-state index contributed by atoms with van der Waals surface area (Å²) in [5.74, 6) is -0.911. The predicted octanol–water partition coefficient (Wildman–Crippen LogP) is 4.85. The molecule has 4 rings (SSSR count). The van der Waals surface area contributed by atoms with Crippen LogP contribution in [0.4, 0.5) is 0 Å². The van der Waals surface area contributed by atoms with Crippen molar-refractivity contribution in [2.75, 3.05) is 13.7 Å². The van der Waals surface area contributed by atoms with Crippen molar-refractivity contribution in [3.05, 3.63) is 108 Å². The highest BCUT2D eigenvalue weighted by molar-refractivity contribution is 5.81. The normalized spacial score (nSPS) is 24.4. The molecule has 1 amide bonds. The van der Waals surface area contributed by atoms with Crippen LogP contribution in [-0.2, 0) is 31.3 Å². The highest BCUT2D eigenvalue weighted by Gasteiger charge is 2.69. The van der Waals surface area contributed by atoms with Crippen molar-refractivity contribution in [1.29, 1.82) is 0 Å². The van der Waals surface area contributed by atoms with E-state index in [-0.39, 0.29) is 5.92 Å². The average Bonchev–Trinajstić information content (AvgIpc) is 3.28. The number of amides is 1. The minimum absolute atomic E-state index is 0.297. The molecule has 6 nitrogen and oxygen atoms in total. The topological polar surface area (TPSA) is 82.8 Å². The Bertz CT molecular complexity index is 1100. The molecule has 0 radical (unpaired) electrons. The smallest absolute Gasteiger partial charge is 0.251 e. The Kier molecular flexibility index (Phi) is 8.54. The van der Waals surface area contributed by atoms with Crippen molar-refractivity contribution >= 4 is 5.91 Å². The predicted molar refractivity (Wildman–Crippen MR) is 140 cm³/mol. The molecule has 4 unspecified atom stereocenters. The lowest BCUT2D eigenvalue weighted by atomic mass is 9.70. The van der Waals surface area contributed by atoms with Gasteiger partial charge in [-0.1, -0.05) is 104 Å². The molecule has 3 aromatic rings. The number of nitrogens with one attached hydrogen (secondary N) is 1. The van der Waals surface area contributed by atoms with Crippen LogP contribution in [-0.4, -0.2) is 31.3 Å². The second-order valence-electron chi connectivity index (χ2n) is 9.32. The first kappa shape index (κ1) is 26.0. The van der Waals surface area contributed by atoms with E-state index in [0.717, 1.165) is 36.8 Å². The fourth-order valence-corrected chi connectivity index (χ4v) is 5.37. The molecule has 0 bridgehead atoms. The number of primary amides is 1. The van der Waals surface area contributed by atoms with E-state index in [1.165, 1.54) is 5.56 Å². The van der Waals surface area contributed by atoms with Gasteiger partial charge < -0.3 is 15.2 Å². The number of benzene rings is 3. The highest BCUT2D eigenvalue weighted by Crippen LogP contribution is 2.52. The van der Waals surface area contributed by atoms with Crippen LogP contribution < -0.4 is 11.2 Å². The monoisotopic (exact) mass is 488 g/mol. The van der Waals surface area contributed by atoms with Crippen LogP contribution in [0.25, 0.3) is 0 Å². The zero-order valence-electron chi connectivity index (χ0n) is 21.1. The van der Waals surface area contributed by atoms with Crippen LogP contribution in [0.3, 0.4) is 0 Å². The van der Waals surface area contributed by atoms with Crippen molar-refractivity contribution in [2.24, 2.45) is 5.73 Å². The van der Waals surface area contributed by atoms with Gasteiger partial charge in [-0.3, -0.25) is 9.63 Å². The second-order valence-corrected chi connectivity index (χ2v) is 9.32. The number of unbranched alkanes of at least 4 members (excludes halogenated alkanes) is 2. The molecule has 1 saturated heterocycles. The summed E-state index contributed by atoms with van der Waals surface area (Å²) in [6.45, 7) is 2.48. The Morgan fingerprint density at radius 2 is 1.56 bits per heavy atom. The molecule has 1 heterocycles. The van der Waals surface area contributed by atoms with Crippen LogP contribution in [0.15, 0.2) is 91.0 Å².